The van der Waals surface area contributed by atoms with Crippen LogP contribution in [0.3, 0.4) is 0 Å². The Balaban J connectivity index is 1.28. The second-order valence-electron chi connectivity index (χ2n) is 6.22. The lowest BCUT2D eigenvalue weighted by atomic mass is 10.0. The van der Waals surface area contributed by atoms with Gasteiger partial charge < -0.3 is 23.7 Å². The standard InChI is InChI=1S/C19H18O5/c1-3-7-12(8-4-1)18-20-11-14-15(24-18)16-17(23-16)19(22-14)21-13-9-5-2-6-10-13/h1-10,14-19H,11H2/t14-,15-,16+,17+,18?,19+/m1/s1. The summed E-state index contributed by atoms with van der Waals surface area (Å²) in [6.45, 7) is 0.464. The molecule has 0 spiro atoms. The molecule has 24 heavy (non-hydrogen) atoms. The number of rotatable bonds is 3. The van der Waals surface area contributed by atoms with E-state index in [9.17, 15) is 0 Å². The maximum absolute atomic E-state index is 6.10. The minimum atomic E-state index is -0.417. The molecule has 0 aromatic heterocycles. The van der Waals surface area contributed by atoms with Crippen LogP contribution in [0.25, 0.3) is 0 Å². The van der Waals surface area contributed by atoms with E-state index < -0.39 is 6.29 Å². The second-order valence-corrected chi connectivity index (χ2v) is 6.22. The van der Waals surface area contributed by atoms with Gasteiger partial charge in [-0.05, 0) is 12.1 Å². The van der Waals surface area contributed by atoms with E-state index in [0.29, 0.717) is 6.61 Å². The fraction of sp³-hybridized carbons (Fsp3) is 0.368. The van der Waals surface area contributed by atoms with E-state index in [0.717, 1.165) is 11.3 Å². The van der Waals surface area contributed by atoms with Crippen molar-refractivity contribution in [2.75, 3.05) is 6.61 Å². The van der Waals surface area contributed by atoms with Crippen LogP contribution < -0.4 is 4.74 Å². The van der Waals surface area contributed by atoms with Crippen LogP contribution in [0.15, 0.2) is 60.7 Å². The molecular weight excluding hydrogens is 308 g/mol. The first-order chi connectivity index (χ1) is 11.9. The maximum Gasteiger partial charge on any atom is 0.229 e. The molecule has 3 aliphatic rings. The van der Waals surface area contributed by atoms with E-state index in [1.54, 1.807) is 0 Å². The molecule has 3 heterocycles. The molecule has 0 bridgehead atoms. The van der Waals surface area contributed by atoms with E-state index in [1.165, 1.54) is 0 Å². The summed E-state index contributed by atoms with van der Waals surface area (Å²) in [5.74, 6) is 0.773. The van der Waals surface area contributed by atoms with Crippen molar-refractivity contribution < 1.29 is 23.7 Å². The van der Waals surface area contributed by atoms with Crippen molar-refractivity contribution in [2.24, 2.45) is 0 Å². The SMILES string of the molecule is c1ccc(O[C@H]2O[C@@H]3COC(c4ccccc4)O[C@H]3[C@@H]3O[C@H]23)cc1. The van der Waals surface area contributed by atoms with Gasteiger partial charge in [-0.2, -0.15) is 0 Å². The van der Waals surface area contributed by atoms with Crippen molar-refractivity contribution in [3.63, 3.8) is 0 Å². The zero-order chi connectivity index (χ0) is 15.9. The van der Waals surface area contributed by atoms with Gasteiger partial charge in [0.25, 0.3) is 0 Å². The third-order valence-corrected chi connectivity index (χ3v) is 4.59. The molecule has 0 saturated carbocycles. The molecule has 0 N–H and O–H groups in total. The molecule has 0 amide bonds. The van der Waals surface area contributed by atoms with Crippen molar-refractivity contribution >= 4 is 0 Å². The van der Waals surface area contributed by atoms with Gasteiger partial charge in [-0.15, -0.1) is 0 Å². The number of benzene rings is 2. The molecule has 0 radical (unpaired) electrons. The minimum absolute atomic E-state index is 0.00701. The molecule has 3 saturated heterocycles. The molecule has 0 aliphatic carbocycles. The fourth-order valence-corrected chi connectivity index (χ4v) is 3.33. The van der Waals surface area contributed by atoms with Gasteiger partial charge in [-0.25, -0.2) is 0 Å². The summed E-state index contributed by atoms with van der Waals surface area (Å²) in [6.07, 6.45) is -1.16. The molecule has 3 fully saturated rings. The van der Waals surface area contributed by atoms with Crippen LogP contribution in [-0.4, -0.2) is 37.3 Å². The molecule has 3 aliphatic heterocycles. The molecular formula is C19H18O5. The highest BCUT2D eigenvalue weighted by Crippen LogP contribution is 2.43. The van der Waals surface area contributed by atoms with Crippen molar-refractivity contribution in [1.29, 1.82) is 0 Å². The van der Waals surface area contributed by atoms with E-state index in [2.05, 4.69) is 0 Å². The summed E-state index contributed by atoms with van der Waals surface area (Å²) in [4.78, 5) is 0. The van der Waals surface area contributed by atoms with Gasteiger partial charge >= 0.3 is 0 Å². The number of ether oxygens (including phenoxy) is 5. The Morgan fingerprint density at radius 3 is 2.29 bits per heavy atom. The third kappa shape index (κ3) is 2.59. The van der Waals surface area contributed by atoms with E-state index in [4.69, 9.17) is 23.7 Å². The normalized spacial score (nSPS) is 37.2. The van der Waals surface area contributed by atoms with Gasteiger partial charge in [0.2, 0.25) is 6.29 Å². The first-order valence-electron chi connectivity index (χ1n) is 8.23. The molecule has 5 rings (SSSR count). The Hall–Kier alpha value is -1.92. The average Bonchev–Trinajstić information content (AvgIpc) is 3.45. The highest BCUT2D eigenvalue weighted by Gasteiger charge is 2.61. The Kier molecular flexibility index (Phi) is 3.52. The van der Waals surface area contributed by atoms with Gasteiger partial charge in [0.15, 0.2) is 6.29 Å². The van der Waals surface area contributed by atoms with Crippen molar-refractivity contribution in [3.8, 4) is 5.75 Å². The van der Waals surface area contributed by atoms with Gasteiger partial charge in [0.05, 0.1) is 6.61 Å². The van der Waals surface area contributed by atoms with Crippen LogP contribution in [0.4, 0.5) is 0 Å². The summed E-state index contributed by atoms with van der Waals surface area (Å²) >= 11 is 0. The zero-order valence-electron chi connectivity index (χ0n) is 13.0. The molecule has 124 valence electrons. The van der Waals surface area contributed by atoms with Crippen LogP contribution >= 0.6 is 0 Å². The van der Waals surface area contributed by atoms with Crippen LogP contribution in [-0.2, 0) is 18.9 Å². The number of para-hydroxylation sites is 1. The molecule has 2 aromatic rings. The van der Waals surface area contributed by atoms with E-state index >= 15 is 0 Å². The molecule has 2 aromatic carbocycles. The second kappa shape index (κ2) is 5.86. The lowest BCUT2D eigenvalue weighted by Gasteiger charge is -2.39. The fourth-order valence-electron chi connectivity index (χ4n) is 3.33. The smallest absolute Gasteiger partial charge is 0.229 e. The first kappa shape index (κ1) is 14.4. The Morgan fingerprint density at radius 2 is 1.50 bits per heavy atom. The van der Waals surface area contributed by atoms with Crippen LogP contribution in [0, 0.1) is 0 Å². The van der Waals surface area contributed by atoms with Crippen LogP contribution in [0.1, 0.15) is 11.9 Å². The summed E-state index contributed by atoms with van der Waals surface area (Å²) < 4.78 is 29.7. The van der Waals surface area contributed by atoms with Gasteiger partial charge in [0, 0.05) is 5.56 Å². The first-order valence-corrected chi connectivity index (χ1v) is 8.23. The molecule has 6 atom stereocenters. The van der Waals surface area contributed by atoms with Gasteiger partial charge in [0.1, 0.15) is 30.2 Å². The molecule has 5 heteroatoms. The number of epoxide rings is 1. The zero-order valence-corrected chi connectivity index (χ0v) is 13.0. The summed E-state index contributed by atoms with van der Waals surface area (Å²) in [7, 11) is 0. The Labute approximate surface area is 140 Å². The summed E-state index contributed by atoms with van der Waals surface area (Å²) in [5.41, 5.74) is 1.01. The molecule has 1 unspecified atom stereocenters. The minimum Gasteiger partial charge on any atom is -0.462 e. The summed E-state index contributed by atoms with van der Waals surface area (Å²) in [5, 5.41) is 0. The highest BCUT2D eigenvalue weighted by atomic mass is 16.8. The van der Waals surface area contributed by atoms with Crippen molar-refractivity contribution in [2.45, 2.75) is 37.0 Å². The lowest BCUT2D eigenvalue weighted by Crippen LogP contribution is -2.53. The maximum atomic E-state index is 6.10. The predicted molar refractivity (Wildman–Crippen MR) is 84.4 cm³/mol. The van der Waals surface area contributed by atoms with Gasteiger partial charge in [-0.3, -0.25) is 0 Å². The number of hydrogen-bond acceptors (Lipinski definition) is 5. The van der Waals surface area contributed by atoms with Crippen LogP contribution in [0.2, 0.25) is 0 Å². The van der Waals surface area contributed by atoms with Gasteiger partial charge in [-0.1, -0.05) is 48.5 Å². The van der Waals surface area contributed by atoms with E-state index in [1.807, 2.05) is 60.7 Å². The highest BCUT2D eigenvalue weighted by molar-refractivity contribution is 5.22. The Bertz CT molecular complexity index is 691. The predicted octanol–water partition coefficient (Wildman–Crippen LogP) is 2.67. The summed E-state index contributed by atoms with van der Waals surface area (Å²) in [6, 6.07) is 19.6. The van der Waals surface area contributed by atoms with Crippen molar-refractivity contribution in [1.82, 2.24) is 0 Å². The monoisotopic (exact) mass is 326 g/mol. The topological polar surface area (TPSA) is 49.5 Å². The van der Waals surface area contributed by atoms with Crippen molar-refractivity contribution in [3.05, 3.63) is 66.2 Å². The lowest BCUT2D eigenvalue weighted by molar-refractivity contribution is -0.297. The quantitative estimate of drug-likeness (QED) is 0.812. The number of fused-ring (bicyclic) bond motifs is 3. The number of hydrogen-bond donors (Lipinski definition) is 0. The third-order valence-electron chi connectivity index (χ3n) is 4.59. The Morgan fingerprint density at radius 1 is 0.750 bits per heavy atom. The largest absolute Gasteiger partial charge is 0.462 e. The van der Waals surface area contributed by atoms with E-state index in [-0.39, 0.29) is 30.7 Å². The molecule has 5 nitrogen and oxygen atoms in total. The van der Waals surface area contributed by atoms with Crippen LogP contribution in [0.5, 0.6) is 5.75 Å². The average molecular weight is 326 g/mol.